The van der Waals surface area contributed by atoms with Crippen molar-refractivity contribution in [3.8, 4) is 6.07 Å². The molecule has 0 spiro atoms. The van der Waals surface area contributed by atoms with E-state index in [1.807, 2.05) is 37.1 Å². The van der Waals surface area contributed by atoms with Gasteiger partial charge in [-0.15, -0.1) is 0 Å². The lowest BCUT2D eigenvalue weighted by molar-refractivity contribution is -0.131. The summed E-state index contributed by atoms with van der Waals surface area (Å²) in [7, 11) is 1.88. The molecule has 0 bridgehead atoms. The Hall–Kier alpha value is -1.80. The van der Waals surface area contributed by atoms with Gasteiger partial charge in [-0.25, -0.2) is 4.79 Å². The van der Waals surface area contributed by atoms with Gasteiger partial charge in [0.1, 0.15) is 0 Å². The molecule has 0 aliphatic heterocycles. The van der Waals surface area contributed by atoms with Crippen LogP contribution >= 0.6 is 15.9 Å². The lowest BCUT2D eigenvalue weighted by atomic mass is 10.1. The molecular weight excluding hydrogens is 308 g/mol. The number of carboxylic acids is 1. The monoisotopic (exact) mass is 322 g/mol. The third-order valence-corrected chi connectivity index (χ3v) is 3.07. The van der Waals surface area contributed by atoms with Crippen molar-refractivity contribution in [1.82, 2.24) is 0 Å². The lowest BCUT2D eigenvalue weighted by Crippen LogP contribution is -2.23. The van der Waals surface area contributed by atoms with E-state index in [9.17, 15) is 4.79 Å². The fourth-order valence-electron chi connectivity index (χ4n) is 1.70. The van der Waals surface area contributed by atoms with Crippen molar-refractivity contribution in [2.24, 2.45) is 5.92 Å². The van der Waals surface area contributed by atoms with E-state index in [0.717, 1.165) is 21.8 Å². The van der Waals surface area contributed by atoms with E-state index in [0.29, 0.717) is 6.54 Å². The van der Waals surface area contributed by atoms with Gasteiger partial charge in [0.15, 0.2) is 0 Å². The average molecular weight is 323 g/mol. The second kappa shape index (κ2) is 6.95. The van der Waals surface area contributed by atoms with Crippen LogP contribution in [0, 0.1) is 17.2 Å². The molecular formula is C14H15BrN2O2. The number of hydrogen-bond donors (Lipinski definition) is 1. The number of benzene rings is 1. The van der Waals surface area contributed by atoms with E-state index < -0.39 is 5.97 Å². The molecule has 0 heterocycles. The molecule has 0 aliphatic rings. The van der Waals surface area contributed by atoms with Gasteiger partial charge in [0.05, 0.1) is 12.0 Å². The lowest BCUT2D eigenvalue weighted by Gasteiger charge is -2.22. The maximum Gasteiger partial charge on any atom is 0.328 e. The van der Waals surface area contributed by atoms with Gasteiger partial charge in [-0.2, -0.15) is 5.26 Å². The molecule has 0 amide bonds. The van der Waals surface area contributed by atoms with E-state index in [4.69, 9.17) is 10.4 Å². The first-order valence-electron chi connectivity index (χ1n) is 5.75. The quantitative estimate of drug-likeness (QED) is 0.846. The smallest absolute Gasteiger partial charge is 0.328 e. The minimum absolute atomic E-state index is 0.0970. The van der Waals surface area contributed by atoms with Crippen molar-refractivity contribution < 1.29 is 9.90 Å². The Morgan fingerprint density at radius 1 is 1.63 bits per heavy atom. The van der Waals surface area contributed by atoms with Gasteiger partial charge in [0.2, 0.25) is 0 Å². The zero-order chi connectivity index (χ0) is 14.4. The Kier molecular flexibility index (Phi) is 5.58. The van der Waals surface area contributed by atoms with Crippen LogP contribution in [0.15, 0.2) is 28.7 Å². The Balaban J connectivity index is 3.06. The topological polar surface area (TPSA) is 64.3 Å². The Morgan fingerprint density at radius 2 is 2.32 bits per heavy atom. The molecule has 1 N–H and O–H groups in total. The highest BCUT2D eigenvalue weighted by Crippen LogP contribution is 2.26. The molecule has 19 heavy (non-hydrogen) atoms. The zero-order valence-corrected chi connectivity index (χ0v) is 12.4. The van der Waals surface area contributed by atoms with Crippen LogP contribution in [-0.2, 0) is 4.79 Å². The van der Waals surface area contributed by atoms with Gasteiger partial charge in [-0.3, -0.25) is 0 Å². The van der Waals surface area contributed by atoms with Gasteiger partial charge in [-0.1, -0.05) is 22.0 Å². The summed E-state index contributed by atoms with van der Waals surface area (Å²) in [5, 5.41) is 17.5. The van der Waals surface area contributed by atoms with E-state index in [2.05, 4.69) is 22.0 Å². The van der Waals surface area contributed by atoms with Gasteiger partial charge in [0.25, 0.3) is 0 Å². The zero-order valence-electron chi connectivity index (χ0n) is 10.8. The summed E-state index contributed by atoms with van der Waals surface area (Å²) in [6, 6.07) is 7.79. The Bertz CT molecular complexity index is 535. The first-order valence-corrected chi connectivity index (χ1v) is 6.54. The molecule has 0 aliphatic carbocycles. The van der Waals surface area contributed by atoms with E-state index in [1.165, 1.54) is 0 Å². The number of nitrogens with zero attached hydrogens (tertiary/aromatic N) is 2. The second-order valence-corrected chi connectivity index (χ2v) is 5.20. The molecule has 100 valence electrons. The normalized spacial score (nSPS) is 12.1. The number of carbonyl (C=O) groups is 1. The summed E-state index contributed by atoms with van der Waals surface area (Å²) in [4.78, 5) is 12.5. The summed E-state index contributed by atoms with van der Waals surface area (Å²) < 4.78 is 0.909. The van der Waals surface area contributed by atoms with Crippen LogP contribution in [0.4, 0.5) is 5.69 Å². The number of aliphatic carboxylic acids is 1. The average Bonchev–Trinajstić information content (AvgIpc) is 2.36. The fourth-order valence-corrected chi connectivity index (χ4v) is 2.05. The Morgan fingerprint density at radius 3 is 2.89 bits per heavy atom. The van der Waals surface area contributed by atoms with Crippen LogP contribution < -0.4 is 4.90 Å². The summed E-state index contributed by atoms with van der Waals surface area (Å²) in [5.74, 6) is -1.08. The van der Waals surface area contributed by atoms with Crippen LogP contribution in [0.2, 0.25) is 0 Å². The first kappa shape index (κ1) is 15.3. The predicted octanol–water partition coefficient (Wildman–Crippen LogP) is 3.14. The molecule has 0 fully saturated rings. The first-order chi connectivity index (χ1) is 8.93. The predicted molar refractivity (Wildman–Crippen MR) is 78.9 cm³/mol. The standard InChI is InChI=1S/C14H15BrN2O2/c1-10(8-16)9-17(2)13-7-12(15)5-3-11(13)4-6-14(18)19/h3-7,10H,9H2,1-2H3,(H,18,19). The highest BCUT2D eigenvalue weighted by Gasteiger charge is 2.10. The van der Waals surface area contributed by atoms with Crippen molar-refractivity contribution in [2.75, 3.05) is 18.5 Å². The van der Waals surface area contributed by atoms with Gasteiger partial charge in [-0.05, 0) is 30.7 Å². The summed E-state index contributed by atoms with van der Waals surface area (Å²) in [6.07, 6.45) is 2.66. The van der Waals surface area contributed by atoms with Crippen molar-refractivity contribution in [3.05, 3.63) is 34.3 Å². The van der Waals surface area contributed by atoms with Crippen molar-refractivity contribution in [1.29, 1.82) is 5.26 Å². The number of hydrogen-bond acceptors (Lipinski definition) is 3. The van der Waals surface area contributed by atoms with Crippen molar-refractivity contribution >= 4 is 33.7 Å². The summed E-state index contributed by atoms with van der Waals surface area (Å²) in [6.45, 7) is 2.43. The minimum atomic E-state index is -0.984. The SMILES string of the molecule is CC(C#N)CN(C)c1cc(Br)ccc1C=CC(=O)O. The van der Waals surface area contributed by atoms with Crippen LogP contribution in [0.25, 0.3) is 6.08 Å². The van der Waals surface area contributed by atoms with Crippen molar-refractivity contribution in [3.63, 3.8) is 0 Å². The molecule has 1 aromatic rings. The summed E-state index contributed by atoms with van der Waals surface area (Å²) in [5.41, 5.74) is 1.69. The van der Waals surface area contributed by atoms with Gasteiger partial charge in [0, 0.05) is 29.8 Å². The maximum atomic E-state index is 10.6. The molecule has 4 nitrogen and oxygen atoms in total. The highest BCUT2D eigenvalue weighted by atomic mass is 79.9. The molecule has 1 rings (SSSR count). The van der Waals surface area contributed by atoms with E-state index in [-0.39, 0.29) is 5.92 Å². The van der Waals surface area contributed by atoms with Gasteiger partial charge >= 0.3 is 5.97 Å². The van der Waals surface area contributed by atoms with Crippen LogP contribution in [0.3, 0.4) is 0 Å². The van der Waals surface area contributed by atoms with E-state index in [1.54, 1.807) is 6.08 Å². The number of nitriles is 1. The van der Waals surface area contributed by atoms with Crippen LogP contribution in [-0.4, -0.2) is 24.7 Å². The molecule has 0 saturated heterocycles. The van der Waals surface area contributed by atoms with Crippen LogP contribution in [0.5, 0.6) is 0 Å². The van der Waals surface area contributed by atoms with E-state index >= 15 is 0 Å². The van der Waals surface area contributed by atoms with Gasteiger partial charge < -0.3 is 10.0 Å². The highest BCUT2D eigenvalue weighted by molar-refractivity contribution is 9.10. The minimum Gasteiger partial charge on any atom is -0.478 e. The molecule has 5 heteroatoms. The second-order valence-electron chi connectivity index (χ2n) is 4.29. The number of carboxylic acid groups (broad SMARTS) is 1. The third-order valence-electron chi connectivity index (χ3n) is 2.58. The fraction of sp³-hybridized carbons (Fsp3) is 0.286. The number of anilines is 1. The van der Waals surface area contributed by atoms with Crippen LogP contribution in [0.1, 0.15) is 12.5 Å². The molecule has 1 aromatic carbocycles. The molecule has 0 radical (unpaired) electrons. The molecule has 1 atom stereocenters. The summed E-state index contributed by atoms with van der Waals surface area (Å²) >= 11 is 3.40. The Labute approximate surface area is 121 Å². The number of rotatable bonds is 5. The van der Waals surface area contributed by atoms with Crippen molar-refractivity contribution in [2.45, 2.75) is 6.92 Å². The molecule has 0 saturated carbocycles. The maximum absolute atomic E-state index is 10.6. The largest absolute Gasteiger partial charge is 0.478 e. The number of halogens is 1. The molecule has 1 unspecified atom stereocenters. The molecule has 0 aromatic heterocycles. The third kappa shape index (κ3) is 4.76.